The van der Waals surface area contributed by atoms with Crippen molar-refractivity contribution >= 4 is 0 Å². The average molecular weight is 244 g/mol. The number of hydrogen-bond donors (Lipinski definition) is 1. The maximum Gasteiger partial charge on any atom is 0.120 e. The molecule has 0 bridgehead atoms. The topological polar surface area (TPSA) is 45.0 Å². The molecule has 0 amide bonds. The van der Waals surface area contributed by atoms with Crippen molar-refractivity contribution < 1.29 is 4.74 Å². The van der Waals surface area contributed by atoms with Crippen LogP contribution in [0.5, 0.6) is 5.75 Å². The maximum absolute atomic E-state index is 8.91. The third-order valence-corrected chi connectivity index (χ3v) is 3.68. The van der Waals surface area contributed by atoms with E-state index >= 15 is 0 Å². The highest BCUT2D eigenvalue weighted by Crippen LogP contribution is 2.25. The van der Waals surface area contributed by atoms with Crippen molar-refractivity contribution in [3.05, 3.63) is 29.3 Å². The highest BCUT2D eigenvalue weighted by molar-refractivity contribution is 5.41. The number of hydrogen-bond acceptors (Lipinski definition) is 3. The summed E-state index contributed by atoms with van der Waals surface area (Å²) in [5, 5.41) is 12.2. The van der Waals surface area contributed by atoms with Crippen LogP contribution in [0.15, 0.2) is 18.2 Å². The van der Waals surface area contributed by atoms with E-state index in [0.29, 0.717) is 6.04 Å². The van der Waals surface area contributed by atoms with Crippen molar-refractivity contribution in [2.75, 3.05) is 7.05 Å². The van der Waals surface area contributed by atoms with Crippen LogP contribution in [0.1, 0.15) is 36.8 Å². The van der Waals surface area contributed by atoms with Gasteiger partial charge in [0.05, 0.1) is 11.6 Å². The van der Waals surface area contributed by atoms with E-state index < -0.39 is 0 Å². The van der Waals surface area contributed by atoms with E-state index in [9.17, 15) is 0 Å². The van der Waals surface area contributed by atoms with Crippen LogP contribution in [0, 0.1) is 18.3 Å². The smallest absolute Gasteiger partial charge is 0.120 e. The van der Waals surface area contributed by atoms with Crippen molar-refractivity contribution in [1.29, 1.82) is 5.26 Å². The van der Waals surface area contributed by atoms with Gasteiger partial charge < -0.3 is 10.1 Å². The molecule has 2 rings (SSSR count). The molecule has 0 radical (unpaired) electrons. The molecular formula is C15H20N2O. The van der Waals surface area contributed by atoms with Gasteiger partial charge in [-0.3, -0.25) is 0 Å². The molecule has 0 spiro atoms. The van der Waals surface area contributed by atoms with E-state index in [1.54, 1.807) is 0 Å². The minimum Gasteiger partial charge on any atom is -0.489 e. The molecule has 18 heavy (non-hydrogen) atoms. The predicted octanol–water partition coefficient (Wildman–Crippen LogP) is 2.78. The Balaban J connectivity index is 2.08. The summed E-state index contributed by atoms with van der Waals surface area (Å²) in [4.78, 5) is 0. The van der Waals surface area contributed by atoms with Crippen LogP contribution < -0.4 is 10.1 Å². The van der Waals surface area contributed by atoms with Gasteiger partial charge in [-0.15, -0.1) is 0 Å². The van der Waals surface area contributed by atoms with Crippen LogP contribution in [-0.2, 0) is 0 Å². The molecule has 3 heteroatoms. The van der Waals surface area contributed by atoms with Crippen LogP contribution in [0.4, 0.5) is 0 Å². The van der Waals surface area contributed by atoms with Gasteiger partial charge in [-0.05, 0) is 57.0 Å². The third kappa shape index (κ3) is 2.83. The van der Waals surface area contributed by atoms with Gasteiger partial charge >= 0.3 is 0 Å². The second-order valence-corrected chi connectivity index (χ2v) is 4.92. The van der Waals surface area contributed by atoms with Gasteiger partial charge in [-0.1, -0.05) is 6.42 Å². The van der Waals surface area contributed by atoms with Gasteiger partial charge in [0.1, 0.15) is 11.9 Å². The number of aryl methyl sites for hydroxylation is 1. The summed E-state index contributed by atoms with van der Waals surface area (Å²) in [6.45, 7) is 1.95. The minimum atomic E-state index is 0.246. The Labute approximate surface area is 109 Å². The van der Waals surface area contributed by atoms with Gasteiger partial charge in [0.25, 0.3) is 0 Å². The molecule has 96 valence electrons. The Kier molecular flexibility index (Phi) is 4.22. The zero-order chi connectivity index (χ0) is 13.0. The van der Waals surface area contributed by atoms with E-state index in [4.69, 9.17) is 10.00 Å². The van der Waals surface area contributed by atoms with Gasteiger partial charge in [0.15, 0.2) is 0 Å². The van der Waals surface area contributed by atoms with E-state index in [0.717, 1.165) is 23.3 Å². The zero-order valence-electron chi connectivity index (χ0n) is 11.1. The summed E-state index contributed by atoms with van der Waals surface area (Å²) in [6.07, 6.45) is 5.03. The normalized spacial score (nSPS) is 23.4. The molecule has 2 unspecified atom stereocenters. The van der Waals surface area contributed by atoms with Gasteiger partial charge in [0.2, 0.25) is 0 Å². The van der Waals surface area contributed by atoms with Crippen molar-refractivity contribution in [2.45, 2.75) is 44.8 Å². The quantitative estimate of drug-likeness (QED) is 0.889. The fraction of sp³-hybridized carbons (Fsp3) is 0.533. The third-order valence-electron chi connectivity index (χ3n) is 3.68. The largest absolute Gasteiger partial charge is 0.489 e. The lowest BCUT2D eigenvalue weighted by Gasteiger charge is -2.31. The van der Waals surface area contributed by atoms with Crippen LogP contribution in [-0.4, -0.2) is 19.2 Å². The Bertz CT molecular complexity index is 450. The monoisotopic (exact) mass is 244 g/mol. The SMILES string of the molecule is CNC1CCCCC1Oc1ccc(C#N)c(C)c1. The number of nitriles is 1. The summed E-state index contributed by atoms with van der Waals surface area (Å²) in [5.41, 5.74) is 1.70. The van der Waals surface area contributed by atoms with Crippen LogP contribution in [0.2, 0.25) is 0 Å². The summed E-state index contributed by atoms with van der Waals surface area (Å²) in [6, 6.07) is 8.31. The number of nitrogens with one attached hydrogen (secondary N) is 1. The summed E-state index contributed by atoms with van der Waals surface area (Å²) >= 11 is 0. The summed E-state index contributed by atoms with van der Waals surface area (Å²) in [5.74, 6) is 0.874. The molecule has 1 aromatic rings. The fourth-order valence-corrected chi connectivity index (χ4v) is 2.58. The lowest BCUT2D eigenvalue weighted by atomic mass is 9.92. The first kappa shape index (κ1) is 12.9. The van der Waals surface area contributed by atoms with Crippen molar-refractivity contribution in [3.8, 4) is 11.8 Å². The van der Waals surface area contributed by atoms with Crippen LogP contribution >= 0.6 is 0 Å². The summed E-state index contributed by atoms with van der Waals surface area (Å²) < 4.78 is 6.07. The van der Waals surface area contributed by atoms with Crippen LogP contribution in [0.25, 0.3) is 0 Å². The molecular weight excluding hydrogens is 224 g/mol. The molecule has 0 saturated heterocycles. The molecule has 1 aliphatic rings. The number of rotatable bonds is 3. The standard InChI is InChI=1S/C15H20N2O/c1-11-9-13(8-7-12(11)10-16)18-15-6-4-3-5-14(15)17-2/h7-9,14-15,17H,3-6H2,1-2H3. The number of ether oxygens (including phenoxy) is 1. The Morgan fingerprint density at radius 3 is 2.78 bits per heavy atom. The zero-order valence-corrected chi connectivity index (χ0v) is 11.1. The minimum absolute atomic E-state index is 0.246. The van der Waals surface area contributed by atoms with E-state index in [-0.39, 0.29) is 6.10 Å². The second-order valence-electron chi connectivity index (χ2n) is 4.92. The molecule has 1 aromatic carbocycles. The Morgan fingerprint density at radius 2 is 2.11 bits per heavy atom. The number of nitrogens with zero attached hydrogens (tertiary/aromatic N) is 1. The molecule has 0 aromatic heterocycles. The van der Waals surface area contributed by atoms with Crippen molar-refractivity contribution in [2.24, 2.45) is 0 Å². The molecule has 1 aliphatic carbocycles. The van der Waals surface area contributed by atoms with E-state index in [2.05, 4.69) is 11.4 Å². The molecule has 3 nitrogen and oxygen atoms in total. The first-order chi connectivity index (χ1) is 8.74. The second kappa shape index (κ2) is 5.88. The average Bonchev–Trinajstić information content (AvgIpc) is 2.39. The number of benzene rings is 1. The van der Waals surface area contributed by atoms with Crippen molar-refractivity contribution in [1.82, 2.24) is 5.32 Å². The molecule has 1 N–H and O–H groups in total. The van der Waals surface area contributed by atoms with E-state index in [1.807, 2.05) is 32.2 Å². The predicted molar refractivity (Wildman–Crippen MR) is 71.6 cm³/mol. The molecule has 1 fully saturated rings. The highest BCUT2D eigenvalue weighted by atomic mass is 16.5. The maximum atomic E-state index is 8.91. The lowest BCUT2D eigenvalue weighted by Crippen LogP contribution is -2.43. The lowest BCUT2D eigenvalue weighted by molar-refractivity contribution is 0.118. The highest BCUT2D eigenvalue weighted by Gasteiger charge is 2.25. The Hall–Kier alpha value is -1.53. The Morgan fingerprint density at radius 1 is 1.33 bits per heavy atom. The fourth-order valence-electron chi connectivity index (χ4n) is 2.58. The van der Waals surface area contributed by atoms with Crippen molar-refractivity contribution in [3.63, 3.8) is 0 Å². The molecule has 0 heterocycles. The van der Waals surface area contributed by atoms with Gasteiger partial charge in [-0.25, -0.2) is 0 Å². The molecule has 0 aliphatic heterocycles. The summed E-state index contributed by atoms with van der Waals surface area (Å²) in [7, 11) is 2.00. The van der Waals surface area contributed by atoms with E-state index in [1.165, 1.54) is 19.3 Å². The van der Waals surface area contributed by atoms with Gasteiger partial charge in [-0.2, -0.15) is 5.26 Å². The first-order valence-electron chi connectivity index (χ1n) is 6.59. The van der Waals surface area contributed by atoms with Crippen LogP contribution in [0.3, 0.4) is 0 Å². The number of likely N-dealkylation sites (N-methyl/N-ethyl adjacent to an activating group) is 1. The van der Waals surface area contributed by atoms with Gasteiger partial charge in [0, 0.05) is 6.04 Å². The first-order valence-corrected chi connectivity index (χ1v) is 6.59. The molecule has 2 atom stereocenters. The molecule has 1 saturated carbocycles.